The van der Waals surface area contributed by atoms with Gasteiger partial charge in [0.05, 0.1) is 5.69 Å². The van der Waals surface area contributed by atoms with Crippen LogP contribution in [0.2, 0.25) is 0 Å². The minimum absolute atomic E-state index is 0.0695. The topological polar surface area (TPSA) is 87.3 Å². The van der Waals surface area contributed by atoms with Crippen molar-refractivity contribution in [2.75, 3.05) is 26.0 Å². The molecular weight excluding hydrogens is 254 g/mol. The van der Waals surface area contributed by atoms with Crippen molar-refractivity contribution in [2.45, 2.75) is 11.3 Å². The number of benzene rings is 1. The van der Waals surface area contributed by atoms with Gasteiger partial charge in [-0.2, -0.15) is 0 Å². The Labute approximate surface area is 107 Å². The molecule has 1 aromatic carbocycles. The molecule has 0 saturated carbocycles. The minimum Gasteiger partial charge on any atom is -0.387 e. The van der Waals surface area contributed by atoms with Crippen molar-refractivity contribution < 1.29 is 13.2 Å². The number of hydrogen-bond donors (Lipinski definition) is 3. The molecule has 7 heteroatoms. The predicted molar refractivity (Wildman–Crippen MR) is 69.9 cm³/mol. The number of sulfonamides is 1. The van der Waals surface area contributed by atoms with Crippen molar-refractivity contribution in [1.82, 2.24) is 10.0 Å². The number of carbonyl (C=O) groups excluding carboxylic acids is 1. The van der Waals surface area contributed by atoms with Crippen LogP contribution in [-0.2, 0) is 14.8 Å². The van der Waals surface area contributed by atoms with Gasteiger partial charge in [0.25, 0.3) is 0 Å². The maximum absolute atomic E-state index is 12.0. The van der Waals surface area contributed by atoms with Crippen LogP contribution in [-0.4, -0.2) is 35.0 Å². The van der Waals surface area contributed by atoms with Gasteiger partial charge in [-0.1, -0.05) is 12.1 Å². The first-order valence-electron chi connectivity index (χ1n) is 5.48. The van der Waals surface area contributed by atoms with Gasteiger partial charge < -0.3 is 10.6 Å². The summed E-state index contributed by atoms with van der Waals surface area (Å²) in [7, 11) is -0.441. The minimum atomic E-state index is -3.60. The second-order valence-corrected chi connectivity index (χ2v) is 5.30. The third-order valence-electron chi connectivity index (χ3n) is 2.37. The van der Waals surface area contributed by atoms with E-state index < -0.39 is 10.0 Å². The smallest absolute Gasteiger partial charge is 0.242 e. The summed E-state index contributed by atoms with van der Waals surface area (Å²) in [6.07, 6.45) is 0.109. The zero-order chi connectivity index (χ0) is 13.6. The Bertz CT molecular complexity index is 514. The fourth-order valence-electron chi connectivity index (χ4n) is 1.41. The van der Waals surface area contributed by atoms with Gasteiger partial charge in [-0.25, -0.2) is 13.1 Å². The molecule has 3 N–H and O–H groups in total. The molecule has 18 heavy (non-hydrogen) atoms. The van der Waals surface area contributed by atoms with E-state index in [0.29, 0.717) is 5.69 Å². The molecule has 1 aromatic rings. The van der Waals surface area contributed by atoms with E-state index in [9.17, 15) is 13.2 Å². The standard InChI is InChI=1S/C11H17N3O3S/c1-12-9-5-3-4-6-10(9)18(16,17)14-8-7-11(15)13-2/h3-6,12,14H,7-8H2,1-2H3,(H,13,15). The fourth-order valence-corrected chi connectivity index (χ4v) is 2.65. The normalized spacial score (nSPS) is 11.0. The van der Waals surface area contributed by atoms with Crippen LogP contribution in [0.25, 0.3) is 0 Å². The number of amides is 1. The largest absolute Gasteiger partial charge is 0.387 e. The monoisotopic (exact) mass is 271 g/mol. The molecule has 0 aromatic heterocycles. The molecule has 0 spiro atoms. The van der Waals surface area contributed by atoms with Crippen molar-refractivity contribution in [2.24, 2.45) is 0 Å². The van der Waals surface area contributed by atoms with Crippen LogP contribution in [0.4, 0.5) is 5.69 Å². The van der Waals surface area contributed by atoms with E-state index in [4.69, 9.17) is 0 Å². The number of carbonyl (C=O) groups is 1. The molecule has 0 unspecified atom stereocenters. The molecule has 0 bridgehead atoms. The van der Waals surface area contributed by atoms with E-state index in [0.717, 1.165) is 0 Å². The quantitative estimate of drug-likeness (QED) is 0.687. The molecule has 1 amide bonds. The van der Waals surface area contributed by atoms with Gasteiger partial charge in [0.15, 0.2) is 0 Å². The molecule has 6 nitrogen and oxygen atoms in total. The van der Waals surface area contributed by atoms with E-state index in [2.05, 4.69) is 15.4 Å². The Morgan fingerprint density at radius 3 is 2.50 bits per heavy atom. The SMILES string of the molecule is CNC(=O)CCNS(=O)(=O)c1ccccc1NC. The second-order valence-electron chi connectivity index (χ2n) is 3.57. The Hall–Kier alpha value is -1.60. The number of rotatable bonds is 6. The number of nitrogens with one attached hydrogen (secondary N) is 3. The summed E-state index contributed by atoms with van der Waals surface area (Å²) in [5.74, 6) is -0.209. The second kappa shape index (κ2) is 6.36. The van der Waals surface area contributed by atoms with Gasteiger partial charge >= 0.3 is 0 Å². The van der Waals surface area contributed by atoms with E-state index in [1.807, 2.05) is 0 Å². The zero-order valence-electron chi connectivity index (χ0n) is 10.4. The maximum Gasteiger partial charge on any atom is 0.242 e. The van der Waals surface area contributed by atoms with Crippen molar-refractivity contribution in [3.8, 4) is 0 Å². The molecule has 100 valence electrons. The average Bonchev–Trinajstić information content (AvgIpc) is 2.38. The highest BCUT2D eigenvalue weighted by molar-refractivity contribution is 7.89. The molecule has 0 aliphatic rings. The van der Waals surface area contributed by atoms with Gasteiger partial charge in [-0.15, -0.1) is 0 Å². The van der Waals surface area contributed by atoms with E-state index in [1.165, 1.54) is 13.1 Å². The molecule has 0 aliphatic carbocycles. The summed E-state index contributed by atoms with van der Waals surface area (Å²) in [5.41, 5.74) is 0.518. The van der Waals surface area contributed by atoms with Gasteiger partial charge in [0.1, 0.15) is 4.90 Å². The lowest BCUT2D eigenvalue weighted by Gasteiger charge is -2.10. The Morgan fingerprint density at radius 1 is 1.22 bits per heavy atom. The summed E-state index contributed by atoms with van der Waals surface area (Å²) in [4.78, 5) is 11.2. The summed E-state index contributed by atoms with van der Waals surface area (Å²) < 4.78 is 26.4. The van der Waals surface area contributed by atoms with Crippen LogP contribution >= 0.6 is 0 Å². The number of hydrogen-bond acceptors (Lipinski definition) is 4. The molecule has 0 radical (unpaired) electrons. The highest BCUT2D eigenvalue weighted by atomic mass is 32.2. The zero-order valence-corrected chi connectivity index (χ0v) is 11.2. The number of para-hydroxylation sites is 1. The first-order valence-corrected chi connectivity index (χ1v) is 6.96. The summed E-state index contributed by atoms with van der Waals surface area (Å²) >= 11 is 0. The Kier molecular flexibility index (Phi) is 5.11. The van der Waals surface area contributed by atoms with Crippen LogP contribution in [0.1, 0.15) is 6.42 Å². The van der Waals surface area contributed by atoms with E-state index >= 15 is 0 Å². The molecule has 0 heterocycles. The third-order valence-corrected chi connectivity index (χ3v) is 3.89. The van der Waals surface area contributed by atoms with Gasteiger partial charge in [0, 0.05) is 27.1 Å². The lowest BCUT2D eigenvalue weighted by Crippen LogP contribution is -2.29. The lowest BCUT2D eigenvalue weighted by atomic mass is 10.3. The highest BCUT2D eigenvalue weighted by Crippen LogP contribution is 2.19. The van der Waals surface area contributed by atoms with Crippen molar-refractivity contribution in [3.63, 3.8) is 0 Å². The van der Waals surface area contributed by atoms with E-state index in [1.54, 1.807) is 25.2 Å². The van der Waals surface area contributed by atoms with Gasteiger partial charge in [0.2, 0.25) is 15.9 Å². The van der Waals surface area contributed by atoms with Crippen LogP contribution in [0, 0.1) is 0 Å². The molecule has 0 fully saturated rings. The van der Waals surface area contributed by atoms with Crippen LogP contribution in [0.15, 0.2) is 29.2 Å². The van der Waals surface area contributed by atoms with Crippen LogP contribution < -0.4 is 15.4 Å². The van der Waals surface area contributed by atoms with Crippen molar-refractivity contribution >= 4 is 21.6 Å². The van der Waals surface area contributed by atoms with Crippen molar-refractivity contribution in [3.05, 3.63) is 24.3 Å². The summed E-state index contributed by atoms with van der Waals surface area (Å²) in [5, 5.41) is 5.24. The Morgan fingerprint density at radius 2 is 1.89 bits per heavy atom. The lowest BCUT2D eigenvalue weighted by molar-refractivity contribution is -0.120. The molecule has 0 saturated heterocycles. The molecule has 0 atom stereocenters. The fraction of sp³-hybridized carbons (Fsp3) is 0.364. The van der Waals surface area contributed by atoms with Gasteiger partial charge in [-0.05, 0) is 12.1 Å². The first kappa shape index (κ1) is 14.5. The maximum atomic E-state index is 12.0. The summed E-state index contributed by atoms with van der Waals surface area (Å²) in [6.45, 7) is 0.0695. The van der Waals surface area contributed by atoms with Crippen LogP contribution in [0.5, 0.6) is 0 Å². The Balaban J connectivity index is 2.77. The molecule has 1 rings (SSSR count). The average molecular weight is 271 g/mol. The number of anilines is 1. The molecule has 0 aliphatic heterocycles. The van der Waals surface area contributed by atoms with Gasteiger partial charge in [-0.3, -0.25) is 4.79 Å². The molecular formula is C11H17N3O3S. The van der Waals surface area contributed by atoms with E-state index in [-0.39, 0.29) is 23.8 Å². The van der Waals surface area contributed by atoms with Crippen molar-refractivity contribution in [1.29, 1.82) is 0 Å². The third kappa shape index (κ3) is 3.71. The predicted octanol–water partition coefficient (Wildman–Crippen LogP) is 0.143. The van der Waals surface area contributed by atoms with Crippen LogP contribution in [0.3, 0.4) is 0 Å². The first-order chi connectivity index (χ1) is 8.51. The summed E-state index contributed by atoms with van der Waals surface area (Å²) in [6, 6.07) is 6.57. The highest BCUT2D eigenvalue weighted by Gasteiger charge is 2.17.